The van der Waals surface area contributed by atoms with Gasteiger partial charge in [-0.25, -0.2) is 0 Å². The molecule has 0 aliphatic rings. The van der Waals surface area contributed by atoms with Crippen LogP contribution in [-0.4, -0.2) is 37.6 Å². The lowest BCUT2D eigenvalue weighted by Gasteiger charge is -2.30. The second-order valence-corrected chi connectivity index (χ2v) is 5.28. The Hall–Kier alpha value is -0.120. The highest BCUT2D eigenvalue weighted by Crippen LogP contribution is 2.14. The molecular weight excluding hydrogens is 216 g/mol. The third-order valence-electron chi connectivity index (χ3n) is 3.49. The first-order valence-corrected chi connectivity index (χ1v) is 6.63. The van der Waals surface area contributed by atoms with Crippen LogP contribution in [0.3, 0.4) is 0 Å². The van der Waals surface area contributed by atoms with Gasteiger partial charge in [0.1, 0.15) is 0 Å². The molecule has 104 valence electrons. The highest BCUT2D eigenvalue weighted by Gasteiger charge is 2.22. The average Bonchev–Trinajstić information content (AvgIpc) is 2.27. The number of rotatable bonds is 8. The summed E-state index contributed by atoms with van der Waals surface area (Å²) in [5.41, 5.74) is 0. The number of hydrogen-bond acceptors (Lipinski definition) is 3. The van der Waals surface area contributed by atoms with Gasteiger partial charge in [0, 0.05) is 7.11 Å². The Morgan fingerprint density at radius 2 is 0.882 bits per heavy atom. The van der Waals surface area contributed by atoms with Gasteiger partial charge < -0.3 is 14.2 Å². The summed E-state index contributed by atoms with van der Waals surface area (Å²) in [5.74, 6) is 0.528. The van der Waals surface area contributed by atoms with E-state index in [-0.39, 0.29) is 30.5 Å². The quantitative estimate of drug-likeness (QED) is 0.658. The van der Waals surface area contributed by atoms with Crippen molar-refractivity contribution in [3.63, 3.8) is 0 Å². The van der Waals surface area contributed by atoms with Gasteiger partial charge in [0.25, 0.3) is 0 Å². The summed E-state index contributed by atoms with van der Waals surface area (Å²) in [4.78, 5) is 0. The molecule has 0 aliphatic heterocycles. The first-order valence-electron chi connectivity index (χ1n) is 6.63. The van der Waals surface area contributed by atoms with Crippen molar-refractivity contribution in [3.8, 4) is 0 Å². The van der Waals surface area contributed by atoms with E-state index < -0.39 is 0 Å². The molecule has 0 saturated carbocycles. The lowest BCUT2D eigenvalue weighted by atomic mass is 10.1. The van der Waals surface area contributed by atoms with Crippen LogP contribution in [0.25, 0.3) is 0 Å². The molecule has 0 aromatic rings. The molecule has 17 heavy (non-hydrogen) atoms. The minimum atomic E-state index is 0.0730. The summed E-state index contributed by atoms with van der Waals surface area (Å²) >= 11 is 0. The Morgan fingerprint density at radius 1 is 0.529 bits per heavy atom. The van der Waals surface area contributed by atoms with Gasteiger partial charge in [-0.2, -0.15) is 0 Å². The van der Waals surface area contributed by atoms with Crippen molar-refractivity contribution in [3.05, 3.63) is 0 Å². The molecule has 3 heteroatoms. The van der Waals surface area contributed by atoms with Crippen LogP contribution >= 0.6 is 0 Å². The molecule has 0 bridgehead atoms. The van der Waals surface area contributed by atoms with E-state index in [1.165, 1.54) is 0 Å². The van der Waals surface area contributed by atoms with E-state index in [1.54, 1.807) is 7.11 Å². The predicted molar refractivity (Wildman–Crippen MR) is 71.3 cm³/mol. The zero-order valence-corrected chi connectivity index (χ0v) is 12.7. The maximum absolute atomic E-state index is 5.92. The van der Waals surface area contributed by atoms with Crippen molar-refractivity contribution in [2.75, 3.05) is 7.11 Å². The van der Waals surface area contributed by atoms with Gasteiger partial charge in [0.05, 0.1) is 30.5 Å². The van der Waals surface area contributed by atoms with Crippen LogP contribution in [0.4, 0.5) is 0 Å². The Kier molecular flexibility index (Phi) is 8.01. The summed E-state index contributed by atoms with van der Waals surface area (Å²) in [6, 6.07) is 0. The number of methoxy groups -OCH3 is 1. The van der Waals surface area contributed by atoms with Gasteiger partial charge in [-0.15, -0.1) is 0 Å². The summed E-state index contributed by atoms with van der Waals surface area (Å²) < 4.78 is 17.1. The lowest BCUT2D eigenvalue weighted by Crippen LogP contribution is -2.36. The van der Waals surface area contributed by atoms with Crippen LogP contribution in [0.1, 0.15) is 48.5 Å². The zero-order valence-electron chi connectivity index (χ0n) is 12.7. The maximum atomic E-state index is 5.92. The molecule has 0 heterocycles. The van der Waals surface area contributed by atoms with Crippen LogP contribution in [-0.2, 0) is 14.2 Å². The Morgan fingerprint density at radius 3 is 1.24 bits per heavy atom. The fourth-order valence-corrected chi connectivity index (χ4v) is 1.36. The molecule has 0 amide bonds. The van der Waals surface area contributed by atoms with Crippen molar-refractivity contribution in [1.29, 1.82) is 0 Å². The second-order valence-electron chi connectivity index (χ2n) is 5.28. The predicted octanol–water partition coefficient (Wildman–Crippen LogP) is 3.26. The molecule has 3 nitrogen and oxygen atoms in total. The number of hydrogen-bond donors (Lipinski definition) is 0. The molecule has 0 aromatic heterocycles. The monoisotopic (exact) mass is 246 g/mol. The van der Waals surface area contributed by atoms with E-state index >= 15 is 0 Å². The van der Waals surface area contributed by atoms with Crippen LogP contribution in [0.5, 0.6) is 0 Å². The minimum Gasteiger partial charge on any atom is -0.379 e. The first-order chi connectivity index (χ1) is 7.79. The molecule has 0 rings (SSSR count). The van der Waals surface area contributed by atoms with Crippen molar-refractivity contribution < 1.29 is 14.2 Å². The smallest absolute Gasteiger partial charge is 0.0810 e. The maximum Gasteiger partial charge on any atom is 0.0810 e. The summed E-state index contributed by atoms with van der Waals surface area (Å²) in [6.45, 7) is 14.6. The SMILES string of the molecule is COC(C)C(C)OC(C)C(C)OC(C)C(C)C. The minimum absolute atomic E-state index is 0.0730. The van der Waals surface area contributed by atoms with Gasteiger partial charge in [0.2, 0.25) is 0 Å². The van der Waals surface area contributed by atoms with Gasteiger partial charge in [-0.05, 0) is 40.5 Å². The van der Waals surface area contributed by atoms with Gasteiger partial charge in [0.15, 0.2) is 0 Å². The van der Waals surface area contributed by atoms with Gasteiger partial charge >= 0.3 is 0 Å². The summed E-state index contributed by atoms with van der Waals surface area (Å²) in [5, 5.41) is 0. The molecule has 0 saturated heterocycles. The molecule has 0 aliphatic carbocycles. The first kappa shape index (κ1) is 16.9. The Labute approximate surface area is 107 Å². The molecule has 0 aromatic carbocycles. The number of ether oxygens (including phenoxy) is 3. The molecule has 5 unspecified atom stereocenters. The molecule has 5 atom stereocenters. The average molecular weight is 246 g/mol. The Balaban J connectivity index is 4.08. The van der Waals surface area contributed by atoms with Crippen molar-refractivity contribution in [1.82, 2.24) is 0 Å². The largest absolute Gasteiger partial charge is 0.379 e. The third-order valence-corrected chi connectivity index (χ3v) is 3.49. The van der Waals surface area contributed by atoms with E-state index in [9.17, 15) is 0 Å². The van der Waals surface area contributed by atoms with Crippen LogP contribution in [0, 0.1) is 5.92 Å². The summed E-state index contributed by atoms with van der Waals surface area (Å²) in [7, 11) is 1.70. The Bertz CT molecular complexity index is 194. The van der Waals surface area contributed by atoms with E-state index in [0.717, 1.165) is 0 Å². The standard InChI is InChI=1S/C14H30O3/c1-9(2)10(3)16-13(6)14(7)17-12(5)11(4)15-8/h9-14H,1-8H3. The van der Waals surface area contributed by atoms with Crippen LogP contribution in [0.15, 0.2) is 0 Å². The van der Waals surface area contributed by atoms with E-state index in [1.807, 2.05) is 13.8 Å². The van der Waals surface area contributed by atoms with E-state index in [4.69, 9.17) is 14.2 Å². The van der Waals surface area contributed by atoms with Gasteiger partial charge in [-0.3, -0.25) is 0 Å². The molecular formula is C14H30O3. The molecule has 0 radical (unpaired) electrons. The normalized spacial score (nSPS) is 21.0. The zero-order chi connectivity index (χ0) is 13.6. The van der Waals surface area contributed by atoms with E-state index in [0.29, 0.717) is 5.92 Å². The highest BCUT2D eigenvalue weighted by molar-refractivity contribution is 4.68. The lowest BCUT2D eigenvalue weighted by molar-refractivity contribution is -0.134. The fourth-order valence-electron chi connectivity index (χ4n) is 1.36. The van der Waals surface area contributed by atoms with Gasteiger partial charge in [-0.1, -0.05) is 13.8 Å². The highest BCUT2D eigenvalue weighted by atomic mass is 16.6. The second kappa shape index (κ2) is 8.06. The van der Waals surface area contributed by atoms with Crippen molar-refractivity contribution in [2.45, 2.75) is 79.0 Å². The van der Waals surface area contributed by atoms with Crippen molar-refractivity contribution in [2.24, 2.45) is 5.92 Å². The fraction of sp³-hybridized carbons (Fsp3) is 1.00. The molecule has 0 fully saturated rings. The summed E-state index contributed by atoms with van der Waals surface area (Å²) in [6.07, 6.45) is 0.608. The molecule has 0 N–H and O–H groups in total. The third kappa shape index (κ3) is 6.39. The van der Waals surface area contributed by atoms with Crippen LogP contribution in [0.2, 0.25) is 0 Å². The van der Waals surface area contributed by atoms with E-state index in [2.05, 4.69) is 34.6 Å². The van der Waals surface area contributed by atoms with Crippen LogP contribution < -0.4 is 0 Å². The topological polar surface area (TPSA) is 27.7 Å². The van der Waals surface area contributed by atoms with Crippen molar-refractivity contribution >= 4 is 0 Å². The molecule has 0 spiro atoms.